The lowest BCUT2D eigenvalue weighted by Crippen LogP contribution is -2.46. The Morgan fingerprint density at radius 3 is 2.32 bits per heavy atom. The molecule has 0 atom stereocenters. The van der Waals surface area contributed by atoms with Gasteiger partial charge in [-0.05, 0) is 43.9 Å². The zero-order chi connectivity index (χ0) is 14.7. The summed E-state index contributed by atoms with van der Waals surface area (Å²) in [5.74, 6) is 0. The number of hydrogen-bond acceptors (Lipinski definition) is 3. The average Bonchev–Trinajstić information content (AvgIpc) is 2.39. The van der Waals surface area contributed by atoms with Gasteiger partial charge in [-0.2, -0.15) is 9.98 Å². The van der Waals surface area contributed by atoms with E-state index in [4.69, 9.17) is 0 Å². The fourth-order valence-corrected chi connectivity index (χ4v) is 3.68. The molecule has 0 aliphatic heterocycles. The van der Waals surface area contributed by atoms with Crippen molar-refractivity contribution in [1.29, 1.82) is 5.26 Å². The summed E-state index contributed by atoms with van der Waals surface area (Å²) in [5, 5.41) is 9.23. The summed E-state index contributed by atoms with van der Waals surface area (Å²) < 4.78 is 27.4. The largest absolute Gasteiger partial charge is 0.242 e. The summed E-state index contributed by atoms with van der Waals surface area (Å²) in [7, 11) is -3.68. The standard InChI is InChI=1S/C14H20N2O2S/c1-5-14(6-2,10-15)16-19(17,18)13-9-11(3)7-8-12(13)4/h7-9,16H,5-6H2,1-4H3. The number of sulfonamides is 1. The molecular formula is C14H20N2O2S. The van der Waals surface area contributed by atoms with Crippen LogP contribution in [-0.4, -0.2) is 14.0 Å². The molecule has 1 rings (SSSR count). The number of rotatable bonds is 5. The van der Waals surface area contributed by atoms with Gasteiger partial charge in [-0.3, -0.25) is 0 Å². The first-order chi connectivity index (χ1) is 8.80. The second-order valence-electron chi connectivity index (χ2n) is 4.78. The van der Waals surface area contributed by atoms with E-state index in [1.54, 1.807) is 32.9 Å². The van der Waals surface area contributed by atoms with Gasteiger partial charge in [0, 0.05) is 0 Å². The van der Waals surface area contributed by atoms with Crippen molar-refractivity contribution in [3.8, 4) is 6.07 Å². The van der Waals surface area contributed by atoms with E-state index < -0.39 is 15.6 Å². The first-order valence-corrected chi connectivity index (χ1v) is 7.81. The zero-order valence-corrected chi connectivity index (χ0v) is 12.6. The zero-order valence-electron chi connectivity index (χ0n) is 11.8. The Labute approximate surface area is 115 Å². The van der Waals surface area contributed by atoms with Crippen LogP contribution in [0.4, 0.5) is 0 Å². The number of aryl methyl sites for hydroxylation is 2. The van der Waals surface area contributed by atoms with Crippen molar-refractivity contribution in [2.45, 2.75) is 51.0 Å². The van der Waals surface area contributed by atoms with E-state index in [1.165, 1.54) is 0 Å². The van der Waals surface area contributed by atoms with Crippen molar-refractivity contribution >= 4 is 10.0 Å². The van der Waals surface area contributed by atoms with Gasteiger partial charge in [-0.1, -0.05) is 26.0 Å². The topological polar surface area (TPSA) is 70.0 Å². The molecule has 0 aromatic heterocycles. The average molecular weight is 280 g/mol. The van der Waals surface area contributed by atoms with Gasteiger partial charge in [0.15, 0.2) is 0 Å². The van der Waals surface area contributed by atoms with E-state index in [9.17, 15) is 13.7 Å². The molecule has 5 heteroatoms. The molecule has 0 radical (unpaired) electrons. The van der Waals surface area contributed by atoms with Crippen LogP contribution in [0.1, 0.15) is 37.8 Å². The van der Waals surface area contributed by atoms with Crippen LogP contribution in [0.25, 0.3) is 0 Å². The maximum atomic E-state index is 12.4. The van der Waals surface area contributed by atoms with Crippen LogP contribution in [0.3, 0.4) is 0 Å². The Bertz CT molecular complexity index is 596. The van der Waals surface area contributed by atoms with Crippen LogP contribution in [0.15, 0.2) is 23.1 Å². The van der Waals surface area contributed by atoms with Crippen molar-refractivity contribution in [1.82, 2.24) is 4.72 Å². The molecule has 0 fully saturated rings. The van der Waals surface area contributed by atoms with Gasteiger partial charge < -0.3 is 0 Å². The normalized spacial score (nSPS) is 12.2. The molecule has 0 saturated carbocycles. The first-order valence-electron chi connectivity index (χ1n) is 6.32. The van der Waals surface area contributed by atoms with E-state index in [2.05, 4.69) is 10.8 Å². The molecule has 0 amide bonds. The molecule has 0 bridgehead atoms. The molecule has 104 valence electrons. The smallest absolute Gasteiger partial charge is 0.207 e. The van der Waals surface area contributed by atoms with Crippen LogP contribution >= 0.6 is 0 Å². The highest BCUT2D eigenvalue weighted by Crippen LogP contribution is 2.22. The Morgan fingerprint density at radius 2 is 1.84 bits per heavy atom. The predicted molar refractivity (Wildman–Crippen MR) is 75.2 cm³/mol. The van der Waals surface area contributed by atoms with E-state index in [1.807, 2.05) is 13.0 Å². The highest BCUT2D eigenvalue weighted by molar-refractivity contribution is 7.89. The molecule has 0 heterocycles. The molecule has 1 N–H and O–H groups in total. The SMILES string of the molecule is CCC(C#N)(CC)NS(=O)(=O)c1cc(C)ccc1C. The van der Waals surface area contributed by atoms with Gasteiger partial charge in [0.2, 0.25) is 10.0 Å². The van der Waals surface area contributed by atoms with Crippen molar-refractivity contribution in [2.75, 3.05) is 0 Å². The minimum Gasteiger partial charge on any atom is -0.207 e. The molecular weight excluding hydrogens is 260 g/mol. The Hall–Kier alpha value is -1.38. The molecule has 19 heavy (non-hydrogen) atoms. The summed E-state index contributed by atoms with van der Waals surface area (Å²) in [6.07, 6.45) is 0.869. The number of nitriles is 1. The van der Waals surface area contributed by atoms with Gasteiger partial charge in [-0.25, -0.2) is 8.42 Å². The Morgan fingerprint density at radius 1 is 1.26 bits per heavy atom. The predicted octanol–water partition coefficient (Wildman–Crippen LogP) is 2.66. The summed E-state index contributed by atoms with van der Waals surface area (Å²) in [6.45, 7) is 7.20. The Kier molecular flexibility index (Phi) is 4.72. The summed E-state index contributed by atoms with van der Waals surface area (Å²) in [5.41, 5.74) is 0.522. The fourth-order valence-electron chi connectivity index (χ4n) is 1.88. The molecule has 0 aliphatic rings. The third kappa shape index (κ3) is 3.34. The van der Waals surface area contributed by atoms with Crippen molar-refractivity contribution in [2.24, 2.45) is 0 Å². The Balaban J connectivity index is 3.26. The number of nitrogens with one attached hydrogen (secondary N) is 1. The van der Waals surface area contributed by atoms with Crippen LogP contribution in [0.2, 0.25) is 0 Å². The molecule has 1 aromatic rings. The third-order valence-electron chi connectivity index (χ3n) is 3.38. The van der Waals surface area contributed by atoms with Crippen molar-refractivity contribution < 1.29 is 8.42 Å². The van der Waals surface area contributed by atoms with Gasteiger partial charge >= 0.3 is 0 Å². The highest BCUT2D eigenvalue weighted by Gasteiger charge is 2.32. The lowest BCUT2D eigenvalue weighted by Gasteiger charge is -2.25. The van der Waals surface area contributed by atoms with Gasteiger partial charge in [-0.15, -0.1) is 0 Å². The third-order valence-corrected chi connectivity index (χ3v) is 5.06. The summed E-state index contributed by atoms with van der Waals surface area (Å²) in [6, 6.07) is 7.35. The maximum absolute atomic E-state index is 12.4. The highest BCUT2D eigenvalue weighted by atomic mass is 32.2. The van der Waals surface area contributed by atoms with Crippen molar-refractivity contribution in [3.05, 3.63) is 29.3 Å². The number of nitrogens with zero attached hydrogens (tertiary/aromatic N) is 1. The van der Waals surface area contributed by atoms with Crippen LogP contribution in [0, 0.1) is 25.2 Å². The molecule has 0 saturated heterocycles. The molecule has 0 aliphatic carbocycles. The van der Waals surface area contributed by atoms with Gasteiger partial charge in [0.25, 0.3) is 0 Å². The van der Waals surface area contributed by atoms with E-state index in [0.717, 1.165) is 5.56 Å². The summed E-state index contributed by atoms with van der Waals surface area (Å²) >= 11 is 0. The van der Waals surface area contributed by atoms with Gasteiger partial charge in [0.05, 0.1) is 11.0 Å². The monoisotopic (exact) mass is 280 g/mol. The lowest BCUT2D eigenvalue weighted by atomic mass is 9.97. The molecule has 0 unspecified atom stereocenters. The second-order valence-corrected chi connectivity index (χ2v) is 6.43. The van der Waals surface area contributed by atoms with E-state index in [-0.39, 0.29) is 4.90 Å². The number of benzene rings is 1. The van der Waals surface area contributed by atoms with Gasteiger partial charge in [0.1, 0.15) is 5.54 Å². The van der Waals surface area contributed by atoms with E-state index in [0.29, 0.717) is 18.4 Å². The van der Waals surface area contributed by atoms with E-state index >= 15 is 0 Å². The minimum absolute atomic E-state index is 0.244. The molecule has 0 spiro atoms. The fraction of sp³-hybridized carbons (Fsp3) is 0.500. The van der Waals surface area contributed by atoms with Crippen LogP contribution in [-0.2, 0) is 10.0 Å². The van der Waals surface area contributed by atoms with Crippen molar-refractivity contribution in [3.63, 3.8) is 0 Å². The molecule has 4 nitrogen and oxygen atoms in total. The quantitative estimate of drug-likeness (QED) is 0.901. The number of hydrogen-bond donors (Lipinski definition) is 1. The van der Waals surface area contributed by atoms with Crippen LogP contribution in [0.5, 0.6) is 0 Å². The summed E-state index contributed by atoms with van der Waals surface area (Å²) in [4.78, 5) is 0.244. The minimum atomic E-state index is -3.68. The lowest BCUT2D eigenvalue weighted by molar-refractivity contribution is 0.446. The molecule has 1 aromatic carbocycles. The maximum Gasteiger partial charge on any atom is 0.242 e. The first kappa shape index (κ1) is 15.7. The second kappa shape index (κ2) is 5.72. The van der Waals surface area contributed by atoms with Crippen LogP contribution < -0.4 is 4.72 Å².